The summed E-state index contributed by atoms with van der Waals surface area (Å²) in [5.41, 5.74) is 5.67. The Morgan fingerprint density at radius 2 is 0.661 bits per heavy atom. The van der Waals surface area contributed by atoms with Crippen LogP contribution in [-0.4, -0.2) is 104 Å². The molecule has 0 saturated heterocycles. The van der Waals surface area contributed by atoms with Gasteiger partial charge in [-0.3, -0.25) is 19.9 Å². The Kier molecular flexibility index (Phi) is 44.7. The number of rotatable bonds is 13. The second-order valence-corrected chi connectivity index (χ2v) is 23.1. The van der Waals surface area contributed by atoms with Crippen LogP contribution in [0.5, 0.6) is 0 Å². The standard InChI is InChI=1S/C15H15F2N2.2C14H13F2N2.C10H5F2N2.4C6H5NO2.4Ir/c1-15(2,3)9-10-6-7-18-12(8-10)11-4-5-13(16)19-14(11)17;1-9(2)7-10-5-6-17-12(8-10)11-3-4-13(15)18-14(11)16;1-3-9(2)10-6-7-17-12(8-10)11-4-5-13(15)18-14(11)16;11-9-5-4-7(10(12)14-9)8-3-1-2-6-13-8;4*8-6(9)5-3-1-2-4-7-5;;;;/h5-8H,9H2,1-3H3;4-6,8-9H,7H2,1-2H3;5-9H,3H2,1-2H3;1-3,5-6H;4*1-4H,(H,8,9);;;;/q4*-1;;;;;;;;. The van der Waals surface area contributed by atoms with Gasteiger partial charge in [0.05, 0.1) is 0 Å². The van der Waals surface area contributed by atoms with Crippen molar-refractivity contribution in [3.8, 4) is 45.0 Å². The number of hydrogen-bond donors (Lipinski definition) is 4. The van der Waals surface area contributed by atoms with Gasteiger partial charge in [-0.15, -0.1) is 24.3 Å². The van der Waals surface area contributed by atoms with Crippen LogP contribution in [0.15, 0.2) is 201 Å². The van der Waals surface area contributed by atoms with Gasteiger partial charge in [-0.05, 0) is 132 Å². The topological polar surface area (TPSA) is 304 Å². The first kappa shape index (κ1) is 96.7. The molecular formula is C77H66F8Ir4N12O8-4. The van der Waals surface area contributed by atoms with E-state index in [-0.39, 0.29) is 131 Å². The fourth-order valence-electron chi connectivity index (χ4n) is 8.35. The first-order valence-electron chi connectivity index (χ1n) is 31.3. The number of halogens is 8. The minimum Gasteiger partial charge on any atom is -0.477 e. The maximum Gasteiger partial charge on any atom is 0.354 e. The molecule has 109 heavy (non-hydrogen) atoms. The number of carboxylic acids is 4. The van der Waals surface area contributed by atoms with E-state index in [1.54, 1.807) is 104 Å². The smallest absolute Gasteiger partial charge is 0.354 e. The zero-order chi connectivity index (χ0) is 77.0. The van der Waals surface area contributed by atoms with Crippen LogP contribution in [0.2, 0.25) is 0 Å². The summed E-state index contributed by atoms with van der Waals surface area (Å²) >= 11 is 0. The van der Waals surface area contributed by atoms with Crippen LogP contribution in [0.3, 0.4) is 0 Å². The molecule has 4 N–H and O–H groups in total. The molecule has 0 fully saturated rings. The fourth-order valence-corrected chi connectivity index (χ4v) is 8.35. The van der Waals surface area contributed by atoms with Gasteiger partial charge in [-0.25, -0.2) is 74.2 Å². The van der Waals surface area contributed by atoms with E-state index in [4.69, 9.17) is 20.4 Å². The number of pyridine rings is 12. The Morgan fingerprint density at radius 1 is 0.376 bits per heavy atom. The minimum atomic E-state index is -0.990. The SMILES string of the molecule is CC(C)(C)Cc1ccnc(-c2[c-]cc(F)nc2F)c1.CC(C)Cc1ccnc(-c2[c-]cc(F)nc2F)c1.CCC(C)c1ccnc(-c2[c-]cc(F)nc2F)c1.Fc1c[c-]c(-c2ccccn2)c(F)n1.O=C(O)c1ccccn1.O=C(O)c1ccccn1.O=C(O)c1ccccn1.O=C(O)c1ccccn1.[Ir].[Ir].[Ir].[Ir]. The second-order valence-electron chi connectivity index (χ2n) is 23.1. The van der Waals surface area contributed by atoms with Crippen LogP contribution in [0.1, 0.15) is 119 Å². The summed E-state index contributed by atoms with van der Waals surface area (Å²) in [6.45, 7) is 14.7. The number of carbonyl (C=O) groups is 4. The van der Waals surface area contributed by atoms with Crippen LogP contribution in [0, 0.1) is 83.2 Å². The Balaban J connectivity index is 0.000000631. The maximum absolute atomic E-state index is 13.6. The van der Waals surface area contributed by atoms with Gasteiger partial charge in [0.2, 0.25) is 0 Å². The molecule has 12 rings (SSSR count). The molecule has 1 atom stereocenters. The summed E-state index contributed by atoms with van der Waals surface area (Å²) in [6, 6.07) is 49.1. The third-order valence-electron chi connectivity index (χ3n) is 13.2. The number of carboxylic acid groups (broad SMARTS) is 4. The molecule has 1 unspecified atom stereocenters. The van der Waals surface area contributed by atoms with Crippen molar-refractivity contribution < 1.29 is 155 Å². The van der Waals surface area contributed by atoms with E-state index in [0.717, 1.165) is 60.2 Å². The minimum absolute atomic E-state index is 0. The maximum atomic E-state index is 13.6. The van der Waals surface area contributed by atoms with Gasteiger partial charge in [-0.1, -0.05) is 166 Å². The first-order chi connectivity index (χ1) is 50.0. The molecule has 0 bridgehead atoms. The number of hydrogen-bond acceptors (Lipinski definition) is 16. The summed E-state index contributed by atoms with van der Waals surface area (Å²) in [5, 5.41) is 33.3. The molecule has 0 aliphatic heterocycles. The van der Waals surface area contributed by atoms with Crippen molar-refractivity contribution in [1.82, 2.24) is 59.8 Å². The Labute approximate surface area is 676 Å². The quantitative estimate of drug-likeness (QED) is 0.0473. The van der Waals surface area contributed by atoms with Crippen molar-refractivity contribution in [2.75, 3.05) is 0 Å². The Hall–Kier alpha value is -10.3. The van der Waals surface area contributed by atoms with Crippen molar-refractivity contribution in [3.63, 3.8) is 0 Å². The third-order valence-corrected chi connectivity index (χ3v) is 13.2. The second kappa shape index (κ2) is 50.4. The molecule has 12 heterocycles. The predicted molar refractivity (Wildman–Crippen MR) is 370 cm³/mol. The van der Waals surface area contributed by atoms with Gasteiger partial charge in [0, 0.05) is 130 Å². The van der Waals surface area contributed by atoms with Gasteiger partial charge in [-0.2, -0.15) is 0 Å². The Morgan fingerprint density at radius 3 is 0.927 bits per heavy atom. The summed E-state index contributed by atoms with van der Waals surface area (Å²) in [7, 11) is 0. The number of aromatic carboxylic acids is 4. The van der Waals surface area contributed by atoms with E-state index in [9.17, 15) is 54.3 Å². The molecule has 12 aromatic heterocycles. The molecule has 0 aromatic carbocycles. The molecule has 0 spiro atoms. The van der Waals surface area contributed by atoms with Crippen molar-refractivity contribution in [2.45, 2.75) is 73.6 Å². The van der Waals surface area contributed by atoms with Crippen molar-refractivity contribution in [2.24, 2.45) is 11.3 Å². The molecule has 4 radical (unpaired) electrons. The number of aromatic nitrogens is 12. The summed E-state index contributed by atoms with van der Waals surface area (Å²) in [4.78, 5) is 83.5. The molecule has 20 nitrogen and oxygen atoms in total. The van der Waals surface area contributed by atoms with Crippen LogP contribution in [0.4, 0.5) is 35.1 Å². The zero-order valence-corrected chi connectivity index (χ0v) is 68.1. The van der Waals surface area contributed by atoms with E-state index in [2.05, 4.69) is 133 Å². The third kappa shape index (κ3) is 35.5. The first-order valence-corrected chi connectivity index (χ1v) is 31.3. The molecule has 578 valence electrons. The summed E-state index contributed by atoms with van der Waals surface area (Å²) in [6.07, 6.45) is 14.9. The van der Waals surface area contributed by atoms with Crippen molar-refractivity contribution in [1.29, 1.82) is 0 Å². The zero-order valence-electron chi connectivity index (χ0n) is 58.5. The van der Waals surface area contributed by atoms with Crippen LogP contribution >= 0.6 is 0 Å². The van der Waals surface area contributed by atoms with Gasteiger partial charge < -0.3 is 40.4 Å². The normalized spacial score (nSPS) is 10.1. The van der Waals surface area contributed by atoms with E-state index >= 15 is 0 Å². The molecule has 12 aromatic rings. The van der Waals surface area contributed by atoms with E-state index in [1.165, 1.54) is 55.2 Å². The van der Waals surface area contributed by atoms with Crippen LogP contribution in [0.25, 0.3) is 45.0 Å². The molecular weight excluding hydrogens is 2140 g/mol. The average molecular weight is 2210 g/mol. The Bertz CT molecular complexity index is 4550. The summed E-state index contributed by atoms with van der Waals surface area (Å²) in [5.74, 6) is -10.2. The predicted octanol–water partition coefficient (Wildman–Crippen LogP) is 16.3. The molecule has 0 aliphatic carbocycles. The number of nitrogens with zero attached hydrogens (tertiary/aromatic N) is 12. The summed E-state index contributed by atoms with van der Waals surface area (Å²) < 4.78 is 104. The largest absolute Gasteiger partial charge is 0.477 e. The van der Waals surface area contributed by atoms with E-state index < -0.39 is 71.5 Å². The van der Waals surface area contributed by atoms with Crippen LogP contribution < -0.4 is 0 Å². The fraction of sp³-hybridized carbons (Fsp3) is 0.169. The van der Waals surface area contributed by atoms with Gasteiger partial charge in [0.1, 0.15) is 70.4 Å². The molecule has 32 heteroatoms. The van der Waals surface area contributed by atoms with Crippen LogP contribution in [-0.2, 0) is 93.3 Å². The van der Waals surface area contributed by atoms with Crippen molar-refractivity contribution in [3.05, 3.63) is 313 Å². The van der Waals surface area contributed by atoms with Crippen molar-refractivity contribution >= 4 is 23.9 Å². The molecule has 0 aliphatic rings. The van der Waals surface area contributed by atoms with E-state index in [0.29, 0.717) is 34.6 Å². The van der Waals surface area contributed by atoms with Gasteiger partial charge >= 0.3 is 23.9 Å². The van der Waals surface area contributed by atoms with E-state index in [1.807, 2.05) is 18.2 Å². The van der Waals surface area contributed by atoms with Gasteiger partial charge in [0.25, 0.3) is 0 Å². The molecule has 0 saturated carbocycles. The van der Waals surface area contributed by atoms with Gasteiger partial charge in [0.15, 0.2) is 0 Å². The average Bonchev–Trinajstić information content (AvgIpc) is 0.830. The monoisotopic (exact) mass is 2210 g/mol. The molecule has 0 amide bonds.